The fourth-order valence-electron chi connectivity index (χ4n) is 3.72. The number of benzene rings is 2. The first-order valence-corrected chi connectivity index (χ1v) is 10.3. The van der Waals surface area contributed by atoms with Gasteiger partial charge in [0.2, 0.25) is 0 Å². The Morgan fingerprint density at radius 2 is 1.93 bits per heavy atom. The number of esters is 1. The number of halogens is 2. The molecule has 0 radical (unpaired) electrons. The SMILES string of the molecule is C=CCCCCc1cc(F)cc(C)c1-c1cc(C)cc([C@@H](N)CC(=O)OCC)c1.Cl. The molecule has 0 amide bonds. The van der Waals surface area contributed by atoms with Gasteiger partial charge in [0.25, 0.3) is 0 Å². The van der Waals surface area contributed by atoms with Gasteiger partial charge in [-0.25, -0.2) is 4.39 Å². The number of unbranched alkanes of at least 4 members (excludes halogenated alkanes) is 2. The first-order valence-electron chi connectivity index (χ1n) is 10.3. The second-order valence-electron chi connectivity index (χ2n) is 7.54. The van der Waals surface area contributed by atoms with Crippen LogP contribution in [0, 0.1) is 19.7 Å². The summed E-state index contributed by atoms with van der Waals surface area (Å²) in [7, 11) is 0. The molecule has 0 saturated heterocycles. The number of carbonyl (C=O) groups excluding carboxylic acids is 1. The van der Waals surface area contributed by atoms with E-state index in [1.54, 1.807) is 19.1 Å². The van der Waals surface area contributed by atoms with Gasteiger partial charge in [-0.3, -0.25) is 4.79 Å². The fraction of sp³-hybridized carbons (Fsp3) is 0.400. The summed E-state index contributed by atoms with van der Waals surface area (Å²) in [5.41, 5.74) is 12.2. The summed E-state index contributed by atoms with van der Waals surface area (Å²) < 4.78 is 19.1. The Kier molecular flexibility index (Phi) is 10.8. The van der Waals surface area contributed by atoms with Crippen LogP contribution < -0.4 is 5.73 Å². The van der Waals surface area contributed by atoms with Gasteiger partial charge in [-0.1, -0.05) is 23.8 Å². The molecule has 2 rings (SSSR count). The normalized spacial score (nSPS) is 11.5. The summed E-state index contributed by atoms with van der Waals surface area (Å²) in [4.78, 5) is 11.8. The molecule has 2 aromatic rings. The smallest absolute Gasteiger partial charge is 0.307 e. The van der Waals surface area contributed by atoms with Gasteiger partial charge in [-0.2, -0.15) is 0 Å². The molecule has 0 heterocycles. The van der Waals surface area contributed by atoms with Crippen molar-refractivity contribution in [1.29, 1.82) is 0 Å². The van der Waals surface area contributed by atoms with Crippen LogP contribution >= 0.6 is 12.4 Å². The van der Waals surface area contributed by atoms with Crippen LogP contribution in [0.2, 0.25) is 0 Å². The van der Waals surface area contributed by atoms with Crippen LogP contribution in [0.3, 0.4) is 0 Å². The number of allylic oxidation sites excluding steroid dienone is 1. The summed E-state index contributed by atoms with van der Waals surface area (Å²) in [5, 5.41) is 0. The van der Waals surface area contributed by atoms with E-state index in [-0.39, 0.29) is 30.6 Å². The van der Waals surface area contributed by atoms with E-state index in [0.29, 0.717) is 6.61 Å². The van der Waals surface area contributed by atoms with E-state index in [1.807, 2.05) is 32.1 Å². The van der Waals surface area contributed by atoms with Crippen LogP contribution in [-0.2, 0) is 16.0 Å². The predicted molar refractivity (Wildman–Crippen MR) is 124 cm³/mol. The molecule has 0 aliphatic carbocycles. The Morgan fingerprint density at radius 3 is 2.60 bits per heavy atom. The Morgan fingerprint density at radius 1 is 1.20 bits per heavy atom. The minimum absolute atomic E-state index is 0. The highest BCUT2D eigenvalue weighted by Crippen LogP contribution is 2.33. The van der Waals surface area contributed by atoms with Crippen molar-refractivity contribution in [2.75, 3.05) is 6.61 Å². The molecule has 0 unspecified atom stereocenters. The monoisotopic (exact) mass is 433 g/mol. The summed E-state index contributed by atoms with van der Waals surface area (Å²) in [5.74, 6) is -0.513. The lowest BCUT2D eigenvalue weighted by atomic mass is 9.89. The minimum Gasteiger partial charge on any atom is -0.466 e. The third kappa shape index (κ3) is 7.26. The predicted octanol–water partition coefficient (Wildman–Crippen LogP) is 6.38. The second-order valence-corrected chi connectivity index (χ2v) is 7.54. The number of rotatable bonds is 10. The zero-order valence-corrected chi connectivity index (χ0v) is 19.0. The molecule has 0 aromatic heterocycles. The molecular weight excluding hydrogens is 401 g/mol. The molecule has 2 N–H and O–H groups in total. The molecule has 0 saturated carbocycles. The Bertz CT molecular complexity index is 866. The van der Waals surface area contributed by atoms with E-state index in [9.17, 15) is 9.18 Å². The Balaban J connectivity index is 0.00000450. The second kappa shape index (κ2) is 12.5. The van der Waals surface area contributed by atoms with E-state index in [0.717, 1.165) is 59.1 Å². The molecule has 3 nitrogen and oxygen atoms in total. The van der Waals surface area contributed by atoms with E-state index >= 15 is 0 Å². The van der Waals surface area contributed by atoms with Crippen LogP contribution in [0.15, 0.2) is 43.0 Å². The molecule has 0 fully saturated rings. The van der Waals surface area contributed by atoms with Gasteiger partial charge >= 0.3 is 5.97 Å². The molecule has 2 aromatic carbocycles. The summed E-state index contributed by atoms with van der Waals surface area (Å²) >= 11 is 0. The van der Waals surface area contributed by atoms with Crippen LogP contribution in [0.5, 0.6) is 0 Å². The van der Waals surface area contributed by atoms with E-state index in [2.05, 4.69) is 12.6 Å². The molecule has 0 bridgehead atoms. The van der Waals surface area contributed by atoms with E-state index in [4.69, 9.17) is 10.5 Å². The maximum atomic E-state index is 14.1. The fourth-order valence-corrected chi connectivity index (χ4v) is 3.72. The molecule has 0 aliphatic heterocycles. The number of hydrogen-bond donors (Lipinski definition) is 1. The average molecular weight is 434 g/mol. The molecule has 0 spiro atoms. The van der Waals surface area contributed by atoms with Crippen LogP contribution in [0.4, 0.5) is 4.39 Å². The molecule has 164 valence electrons. The lowest BCUT2D eigenvalue weighted by Crippen LogP contribution is -2.17. The standard InChI is InChI=1S/C25H32FNO2.ClH/c1-5-7-8-9-10-19-15-22(26)13-18(4)25(19)21-12-17(3)11-20(14-21)23(27)16-24(28)29-6-2;/h5,11-15,23H,1,6-10,16,27H2,2-4H3;1H/t23-;/m0./s1. The number of nitrogens with two attached hydrogens (primary N) is 1. The van der Waals surface area contributed by atoms with Gasteiger partial charge in [0.15, 0.2) is 0 Å². The molecule has 1 atom stereocenters. The van der Waals surface area contributed by atoms with Crippen molar-refractivity contribution in [1.82, 2.24) is 0 Å². The minimum atomic E-state index is -0.440. The van der Waals surface area contributed by atoms with E-state index < -0.39 is 6.04 Å². The Labute approximate surface area is 185 Å². The summed E-state index contributed by atoms with van der Waals surface area (Å²) in [6.45, 7) is 9.83. The van der Waals surface area contributed by atoms with Gasteiger partial charge in [-0.15, -0.1) is 19.0 Å². The highest BCUT2D eigenvalue weighted by atomic mass is 35.5. The number of ether oxygens (including phenoxy) is 1. The first-order chi connectivity index (χ1) is 13.8. The number of carbonyl (C=O) groups is 1. The van der Waals surface area contributed by atoms with Gasteiger partial charge in [0.1, 0.15) is 5.82 Å². The average Bonchev–Trinajstić information content (AvgIpc) is 2.64. The molecular formula is C25H33ClFNO2. The molecule has 5 heteroatoms. The zero-order valence-electron chi connectivity index (χ0n) is 18.2. The van der Waals surface area contributed by atoms with Crippen molar-refractivity contribution >= 4 is 18.4 Å². The largest absolute Gasteiger partial charge is 0.466 e. The lowest BCUT2D eigenvalue weighted by Gasteiger charge is -2.18. The van der Waals surface area contributed by atoms with Crippen molar-refractivity contribution in [3.05, 3.63) is 71.1 Å². The van der Waals surface area contributed by atoms with Crippen LogP contribution in [0.25, 0.3) is 11.1 Å². The highest BCUT2D eigenvalue weighted by molar-refractivity contribution is 5.85. The molecule has 30 heavy (non-hydrogen) atoms. The maximum Gasteiger partial charge on any atom is 0.307 e. The summed E-state index contributed by atoms with van der Waals surface area (Å²) in [6.07, 6.45) is 5.81. The van der Waals surface area contributed by atoms with Crippen molar-refractivity contribution in [3.8, 4) is 11.1 Å². The topological polar surface area (TPSA) is 52.3 Å². The highest BCUT2D eigenvalue weighted by Gasteiger charge is 2.16. The van der Waals surface area contributed by atoms with Gasteiger partial charge in [-0.05, 0) is 92.5 Å². The summed E-state index contributed by atoms with van der Waals surface area (Å²) in [6, 6.07) is 8.87. The third-order valence-electron chi connectivity index (χ3n) is 4.99. The van der Waals surface area contributed by atoms with Crippen molar-refractivity contribution in [3.63, 3.8) is 0 Å². The van der Waals surface area contributed by atoms with Gasteiger partial charge in [0, 0.05) is 6.04 Å². The van der Waals surface area contributed by atoms with Crippen LogP contribution in [0.1, 0.15) is 60.9 Å². The van der Waals surface area contributed by atoms with Gasteiger partial charge in [0.05, 0.1) is 13.0 Å². The third-order valence-corrected chi connectivity index (χ3v) is 4.99. The first kappa shape index (κ1) is 25.9. The lowest BCUT2D eigenvalue weighted by molar-refractivity contribution is -0.143. The van der Waals surface area contributed by atoms with Crippen molar-refractivity contribution in [2.45, 2.75) is 58.9 Å². The van der Waals surface area contributed by atoms with Gasteiger partial charge < -0.3 is 10.5 Å². The Hall–Kier alpha value is -2.17. The van der Waals surface area contributed by atoms with Crippen molar-refractivity contribution < 1.29 is 13.9 Å². The van der Waals surface area contributed by atoms with E-state index in [1.165, 1.54) is 0 Å². The maximum absolute atomic E-state index is 14.1. The number of hydrogen-bond acceptors (Lipinski definition) is 3. The van der Waals surface area contributed by atoms with Crippen LogP contribution in [-0.4, -0.2) is 12.6 Å². The quantitative estimate of drug-likeness (QED) is 0.268. The zero-order chi connectivity index (χ0) is 21.4. The van der Waals surface area contributed by atoms with Crippen molar-refractivity contribution in [2.24, 2.45) is 5.73 Å². The molecule has 0 aliphatic rings. The number of aryl methyl sites for hydroxylation is 3.